The van der Waals surface area contributed by atoms with Crippen LogP contribution >= 0.6 is 0 Å². The van der Waals surface area contributed by atoms with Crippen LogP contribution < -0.4 is 20.1 Å². The number of benzene rings is 2. The summed E-state index contributed by atoms with van der Waals surface area (Å²) in [6.07, 6.45) is 0.943. The fraction of sp³-hybridized carbons (Fsp3) is 0.375. The van der Waals surface area contributed by atoms with E-state index in [0.717, 1.165) is 11.8 Å². The lowest BCUT2D eigenvalue weighted by Crippen LogP contribution is -2.49. The molecular formula is C24H27N5O3. The van der Waals surface area contributed by atoms with Crippen molar-refractivity contribution >= 4 is 28.6 Å². The molecule has 1 aliphatic heterocycles. The van der Waals surface area contributed by atoms with E-state index in [0.29, 0.717) is 60.9 Å². The highest BCUT2D eigenvalue weighted by Crippen LogP contribution is 2.48. The predicted molar refractivity (Wildman–Crippen MR) is 123 cm³/mol. The second kappa shape index (κ2) is 8.18. The lowest BCUT2D eigenvalue weighted by molar-refractivity contribution is -0.133. The van der Waals surface area contributed by atoms with Crippen molar-refractivity contribution in [1.29, 1.82) is 0 Å². The van der Waals surface area contributed by atoms with Gasteiger partial charge in [0.15, 0.2) is 11.5 Å². The van der Waals surface area contributed by atoms with E-state index in [-0.39, 0.29) is 11.8 Å². The van der Waals surface area contributed by atoms with Gasteiger partial charge in [-0.1, -0.05) is 30.3 Å². The Morgan fingerprint density at radius 1 is 1.00 bits per heavy atom. The molecular weight excluding hydrogens is 406 g/mol. The van der Waals surface area contributed by atoms with Gasteiger partial charge in [-0.05, 0) is 24.0 Å². The molecule has 0 radical (unpaired) electrons. The molecule has 1 saturated carbocycles. The number of rotatable bonds is 5. The van der Waals surface area contributed by atoms with Crippen molar-refractivity contribution < 1.29 is 14.3 Å². The Morgan fingerprint density at radius 3 is 2.38 bits per heavy atom. The molecule has 8 nitrogen and oxygen atoms in total. The minimum atomic E-state index is 0.110. The number of ether oxygens (including phenoxy) is 2. The number of aromatic nitrogens is 2. The van der Waals surface area contributed by atoms with Crippen molar-refractivity contribution in [1.82, 2.24) is 14.9 Å². The molecule has 8 heteroatoms. The number of nitrogens with two attached hydrogens (primary N) is 1. The first kappa shape index (κ1) is 20.4. The van der Waals surface area contributed by atoms with Gasteiger partial charge in [0.1, 0.15) is 5.82 Å². The highest BCUT2D eigenvalue weighted by Gasteiger charge is 2.46. The maximum Gasteiger partial charge on any atom is 0.228 e. The first-order valence-corrected chi connectivity index (χ1v) is 10.9. The van der Waals surface area contributed by atoms with Gasteiger partial charge in [0.25, 0.3) is 0 Å². The maximum atomic E-state index is 13.0. The average Bonchev–Trinajstić information content (AvgIpc) is 3.64. The second-order valence-electron chi connectivity index (χ2n) is 8.30. The summed E-state index contributed by atoms with van der Waals surface area (Å²) in [4.78, 5) is 26.3. The Bertz CT molecular complexity index is 1150. The lowest BCUT2D eigenvalue weighted by atomic mass is 10.1. The van der Waals surface area contributed by atoms with Crippen LogP contribution in [0.15, 0.2) is 42.5 Å². The van der Waals surface area contributed by atoms with E-state index in [1.165, 1.54) is 5.56 Å². The summed E-state index contributed by atoms with van der Waals surface area (Å²) in [5.41, 5.74) is 8.20. The first-order valence-electron chi connectivity index (χ1n) is 10.9. The van der Waals surface area contributed by atoms with Crippen LogP contribution in [0.4, 0.5) is 11.8 Å². The van der Waals surface area contributed by atoms with Crippen molar-refractivity contribution in [2.45, 2.75) is 12.3 Å². The zero-order valence-corrected chi connectivity index (χ0v) is 18.3. The van der Waals surface area contributed by atoms with Gasteiger partial charge in [-0.15, -0.1) is 0 Å². The standard InChI is InChI=1S/C24H27N5O3/c1-31-20-13-18-19(14-21(20)32-2)26-24(27-22(18)25)29-10-8-28(9-11-29)23(30)17-12-16(17)15-6-4-3-5-7-15/h3-7,13-14,16-17H,8-12H2,1-2H3,(H2,25,26,27)/t16-,17-/m1/s1. The Morgan fingerprint density at radius 2 is 1.69 bits per heavy atom. The van der Waals surface area contributed by atoms with Crippen LogP contribution in [0.25, 0.3) is 10.9 Å². The molecule has 1 saturated heterocycles. The highest BCUT2D eigenvalue weighted by atomic mass is 16.5. The Hall–Kier alpha value is -3.55. The number of hydrogen-bond donors (Lipinski definition) is 1. The molecule has 0 spiro atoms. The number of fused-ring (bicyclic) bond motifs is 1. The van der Waals surface area contributed by atoms with E-state index in [9.17, 15) is 4.79 Å². The molecule has 0 unspecified atom stereocenters. The summed E-state index contributed by atoms with van der Waals surface area (Å²) in [5, 5.41) is 0.723. The molecule has 1 amide bonds. The van der Waals surface area contributed by atoms with Crippen molar-refractivity contribution in [2.75, 3.05) is 51.0 Å². The van der Waals surface area contributed by atoms with E-state index >= 15 is 0 Å². The predicted octanol–water partition coefficient (Wildman–Crippen LogP) is 2.68. The second-order valence-corrected chi connectivity index (χ2v) is 8.30. The highest BCUT2D eigenvalue weighted by molar-refractivity contribution is 5.91. The van der Waals surface area contributed by atoms with Gasteiger partial charge in [0.2, 0.25) is 11.9 Å². The summed E-state index contributed by atoms with van der Waals surface area (Å²) in [5.74, 6) is 2.88. The fourth-order valence-corrected chi connectivity index (χ4v) is 4.51. The van der Waals surface area contributed by atoms with Gasteiger partial charge in [0, 0.05) is 43.5 Å². The molecule has 32 heavy (non-hydrogen) atoms. The molecule has 2 fully saturated rings. The number of carbonyl (C=O) groups excluding carboxylic acids is 1. The fourth-order valence-electron chi connectivity index (χ4n) is 4.51. The third kappa shape index (κ3) is 3.66. The largest absolute Gasteiger partial charge is 0.493 e. The topological polar surface area (TPSA) is 93.8 Å². The Kier molecular flexibility index (Phi) is 5.20. The molecule has 1 aromatic heterocycles. The molecule has 2 N–H and O–H groups in total. The number of anilines is 2. The number of carbonyl (C=O) groups is 1. The van der Waals surface area contributed by atoms with E-state index in [2.05, 4.69) is 22.0 Å². The number of piperazine rings is 1. The normalized spacial score (nSPS) is 20.3. The van der Waals surface area contributed by atoms with Crippen molar-refractivity contribution in [2.24, 2.45) is 5.92 Å². The SMILES string of the molecule is COc1cc2nc(N3CCN(C(=O)[C@@H]4C[C@@H]4c4ccccc4)CC3)nc(N)c2cc1OC. The summed E-state index contributed by atoms with van der Waals surface area (Å²) in [7, 11) is 3.17. The molecule has 1 aliphatic carbocycles. The number of hydrogen-bond acceptors (Lipinski definition) is 7. The summed E-state index contributed by atoms with van der Waals surface area (Å²) < 4.78 is 10.8. The molecule has 166 valence electrons. The van der Waals surface area contributed by atoms with Gasteiger partial charge in [0.05, 0.1) is 19.7 Å². The molecule has 0 bridgehead atoms. The smallest absolute Gasteiger partial charge is 0.228 e. The van der Waals surface area contributed by atoms with Crippen LogP contribution in [-0.2, 0) is 4.79 Å². The van der Waals surface area contributed by atoms with Gasteiger partial charge in [-0.3, -0.25) is 4.79 Å². The molecule has 2 atom stereocenters. The summed E-state index contributed by atoms with van der Waals surface area (Å²) in [6, 6.07) is 13.9. The van der Waals surface area contributed by atoms with Crippen molar-refractivity contribution in [3.8, 4) is 11.5 Å². The monoisotopic (exact) mass is 433 g/mol. The van der Waals surface area contributed by atoms with Gasteiger partial charge in [-0.25, -0.2) is 4.98 Å². The van der Waals surface area contributed by atoms with E-state index < -0.39 is 0 Å². The van der Waals surface area contributed by atoms with Crippen LogP contribution in [0.3, 0.4) is 0 Å². The minimum Gasteiger partial charge on any atom is -0.493 e. The molecule has 2 aliphatic rings. The molecule has 2 heterocycles. The zero-order valence-electron chi connectivity index (χ0n) is 18.3. The van der Waals surface area contributed by atoms with Crippen molar-refractivity contribution in [3.05, 3.63) is 48.0 Å². The van der Waals surface area contributed by atoms with E-state index in [4.69, 9.17) is 20.2 Å². The quantitative estimate of drug-likeness (QED) is 0.661. The maximum absolute atomic E-state index is 13.0. The van der Waals surface area contributed by atoms with Gasteiger partial charge >= 0.3 is 0 Å². The Labute approximate surface area is 186 Å². The van der Waals surface area contributed by atoms with Crippen LogP contribution in [0, 0.1) is 5.92 Å². The van der Waals surface area contributed by atoms with Gasteiger partial charge < -0.3 is 25.0 Å². The lowest BCUT2D eigenvalue weighted by Gasteiger charge is -2.35. The number of nitrogen functional groups attached to an aromatic ring is 1. The molecule has 2 aromatic carbocycles. The van der Waals surface area contributed by atoms with E-state index in [1.807, 2.05) is 29.2 Å². The zero-order chi connectivity index (χ0) is 22.2. The van der Waals surface area contributed by atoms with E-state index in [1.54, 1.807) is 20.3 Å². The number of nitrogens with zero attached hydrogens (tertiary/aromatic N) is 4. The minimum absolute atomic E-state index is 0.110. The van der Waals surface area contributed by atoms with Crippen LogP contribution in [-0.4, -0.2) is 61.2 Å². The van der Waals surface area contributed by atoms with Crippen LogP contribution in [0.5, 0.6) is 11.5 Å². The summed E-state index contributed by atoms with van der Waals surface area (Å²) in [6.45, 7) is 2.66. The van der Waals surface area contributed by atoms with Crippen molar-refractivity contribution in [3.63, 3.8) is 0 Å². The van der Waals surface area contributed by atoms with Crippen LogP contribution in [0.2, 0.25) is 0 Å². The number of methoxy groups -OCH3 is 2. The molecule has 3 aromatic rings. The first-order chi connectivity index (χ1) is 15.6. The third-order valence-electron chi connectivity index (χ3n) is 6.43. The Balaban J connectivity index is 1.27. The van der Waals surface area contributed by atoms with Crippen LogP contribution in [0.1, 0.15) is 17.9 Å². The third-order valence-corrected chi connectivity index (χ3v) is 6.43. The summed E-state index contributed by atoms with van der Waals surface area (Å²) >= 11 is 0. The van der Waals surface area contributed by atoms with Gasteiger partial charge in [-0.2, -0.15) is 4.98 Å². The molecule has 5 rings (SSSR count). The average molecular weight is 434 g/mol. The number of amides is 1.